The van der Waals surface area contributed by atoms with E-state index in [0.29, 0.717) is 39.2 Å². The summed E-state index contributed by atoms with van der Waals surface area (Å²) in [6.07, 6.45) is 4.97. The third kappa shape index (κ3) is 7.38. The van der Waals surface area contributed by atoms with Gasteiger partial charge in [-0.25, -0.2) is 9.97 Å². The maximum absolute atomic E-state index is 13.0. The highest BCUT2D eigenvalue weighted by Gasteiger charge is 2.23. The summed E-state index contributed by atoms with van der Waals surface area (Å²) in [4.78, 5) is 37.0. The highest BCUT2D eigenvalue weighted by atomic mass is 32.1. The van der Waals surface area contributed by atoms with Crippen LogP contribution in [-0.4, -0.2) is 63.5 Å². The van der Waals surface area contributed by atoms with Crippen molar-refractivity contribution in [2.45, 2.75) is 45.8 Å². The van der Waals surface area contributed by atoms with E-state index < -0.39 is 6.04 Å². The van der Waals surface area contributed by atoms with Crippen molar-refractivity contribution in [3.63, 3.8) is 0 Å². The van der Waals surface area contributed by atoms with Crippen LogP contribution in [0.4, 0.5) is 0 Å². The summed E-state index contributed by atoms with van der Waals surface area (Å²) < 4.78 is 8.04. The standard InChI is InChI=1S/C26H34N6O3S/c1-19(2)13-23-26(34)28-8-11-32-10-7-27-25(32)20-5-3-6-22(14-20)35-12-4-9-31(16-24(33)30-23)15-21-17-36-18-29-21/h3,5-7,10,14,17-19,23H,4,8-9,11-13,15-16H2,1-2H3,(H,28,34)(H,30,33)/t23-/m1/s1. The molecule has 0 saturated carbocycles. The quantitative estimate of drug-likeness (QED) is 0.560. The number of imidazole rings is 1. The number of benzene rings is 1. The van der Waals surface area contributed by atoms with Gasteiger partial charge in [-0.05, 0) is 30.9 Å². The number of aromatic nitrogens is 3. The Morgan fingerprint density at radius 1 is 1.22 bits per heavy atom. The number of amides is 2. The lowest BCUT2D eigenvalue weighted by Crippen LogP contribution is -2.50. The molecule has 1 aliphatic heterocycles. The van der Waals surface area contributed by atoms with Crippen molar-refractivity contribution in [1.82, 2.24) is 30.1 Å². The van der Waals surface area contributed by atoms with Gasteiger partial charge in [0.15, 0.2) is 0 Å². The van der Waals surface area contributed by atoms with E-state index in [0.717, 1.165) is 29.3 Å². The number of hydrogen-bond donors (Lipinski definition) is 2. The van der Waals surface area contributed by atoms with Crippen molar-refractivity contribution in [3.8, 4) is 17.1 Å². The van der Waals surface area contributed by atoms with Crippen LogP contribution in [-0.2, 0) is 22.7 Å². The van der Waals surface area contributed by atoms with Gasteiger partial charge < -0.3 is 19.9 Å². The number of nitrogens with one attached hydrogen (secondary N) is 2. The molecule has 10 heteroatoms. The van der Waals surface area contributed by atoms with Crippen molar-refractivity contribution in [3.05, 3.63) is 53.2 Å². The first kappa shape index (κ1) is 25.8. The van der Waals surface area contributed by atoms with Crippen LogP contribution in [0.2, 0.25) is 0 Å². The van der Waals surface area contributed by atoms with Crippen molar-refractivity contribution >= 4 is 23.2 Å². The molecule has 0 saturated heterocycles. The molecule has 0 spiro atoms. The number of ether oxygens (including phenoxy) is 1. The Labute approximate surface area is 215 Å². The van der Waals surface area contributed by atoms with E-state index >= 15 is 0 Å². The van der Waals surface area contributed by atoms with Crippen LogP contribution in [0.15, 0.2) is 47.5 Å². The average Bonchev–Trinajstić information content (AvgIpc) is 3.53. The fourth-order valence-corrected chi connectivity index (χ4v) is 4.83. The fraction of sp³-hybridized carbons (Fsp3) is 0.462. The normalized spacial score (nSPS) is 18.5. The Balaban J connectivity index is 1.54. The lowest BCUT2D eigenvalue weighted by atomic mass is 10.0. The second-order valence-electron chi connectivity index (χ2n) is 9.41. The minimum atomic E-state index is -0.584. The molecule has 9 nitrogen and oxygen atoms in total. The van der Waals surface area contributed by atoms with E-state index in [1.54, 1.807) is 11.7 Å². The van der Waals surface area contributed by atoms with Crippen LogP contribution < -0.4 is 15.4 Å². The number of rotatable bonds is 4. The van der Waals surface area contributed by atoms with Gasteiger partial charge in [-0.1, -0.05) is 26.0 Å². The highest BCUT2D eigenvalue weighted by molar-refractivity contribution is 7.07. The Morgan fingerprint density at radius 2 is 2.11 bits per heavy atom. The van der Waals surface area contributed by atoms with Gasteiger partial charge in [0.2, 0.25) is 11.8 Å². The smallest absolute Gasteiger partial charge is 0.242 e. The minimum Gasteiger partial charge on any atom is -0.494 e. The van der Waals surface area contributed by atoms with Crippen molar-refractivity contribution in [2.24, 2.45) is 5.92 Å². The molecular weight excluding hydrogens is 476 g/mol. The van der Waals surface area contributed by atoms with E-state index in [9.17, 15) is 9.59 Å². The van der Waals surface area contributed by atoms with Crippen molar-refractivity contribution in [1.29, 1.82) is 0 Å². The van der Waals surface area contributed by atoms with Gasteiger partial charge in [0.1, 0.15) is 17.6 Å². The van der Waals surface area contributed by atoms with Crippen molar-refractivity contribution < 1.29 is 14.3 Å². The van der Waals surface area contributed by atoms with Crippen LogP contribution in [0.1, 0.15) is 32.4 Å². The first-order valence-electron chi connectivity index (χ1n) is 12.4. The summed E-state index contributed by atoms with van der Waals surface area (Å²) >= 11 is 1.53. The number of nitrogens with zero attached hydrogens (tertiary/aromatic N) is 4. The van der Waals surface area contributed by atoms with Gasteiger partial charge in [-0.2, -0.15) is 0 Å². The number of hydrogen-bond acceptors (Lipinski definition) is 7. The molecule has 192 valence electrons. The van der Waals surface area contributed by atoms with E-state index in [1.807, 2.05) is 54.3 Å². The van der Waals surface area contributed by atoms with Crippen LogP contribution in [0, 0.1) is 5.92 Å². The Bertz CT molecular complexity index is 1130. The molecule has 4 rings (SSSR count). The van der Waals surface area contributed by atoms with E-state index in [4.69, 9.17) is 4.74 Å². The second-order valence-corrected chi connectivity index (χ2v) is 10.1. The summed E-state index contributed by atoms with van der Waals surface area (Å²) in [6, 6.07) is 7.30. The molecule has 1 aliphatic rings. The maximum Gasteiger partial charge on any atom is 0.242 e. The molecule has 36 heavy (non-hydrogen) atoms. The summed E-state index contributed by atoms with van der Waals surface area (Å²) in [5.74, 6) is 1.52. The molecule has 2 aromatic heterocycles. The summed E-state index contributed by atoms with van der Waals surface area (Å²) in [7, 11) is 0. The predicted molar refractivity (Wildman–Crippen MR) is 140 cm³/mol. The van der Waals surface area contributed by atoms with Crippen molar-refractivity contribution in [2.75, 3.05) is 26.2 Å². The van der Waals surface area contributed by atoms with Crippen LogP contribution in [0.5, 0.6) is 5.75 Å². The van der Waals surface area contributed by atoms with Gasteiger partial charge in [-0.15, -0.1) is 11.3 Å². The molecule has 0 fully saturated rings. The number of carbonyl (C=O) groups is 2. The molecule has 2 N–H and O–H groups in total. The fourth-order valence-electron chi connectivity index (χ4n) is 4.28. The lowest BCUT2D eigenvalue weighted by molar-refractivity contribution is -0.130. The van der Waals surface area contributed by atoms with Gasteiger partial charge in [0, 0.05) is 49.5 Å². The Morgan fingerprint density at radius 3 is 2.92 bits per heavy atom. The molecule has 3 aromatic rings. The maximum atomic E-state index is 13.0. The summed E-state index contributed by atoms with van der Waals surface area (Å²) in [5, 5.41) is 7.96. The summed E-state index contributed by atoms with van der Waals surface area (Å²) in [5.41, 5.74) is 3.68. The molecule has 0 aliphatic carbocycles. The molecule has 1 aromatic carbocycles. The number of carbonyl (C=O) groups excluding carboxylic acids is 2. The number of thiazole rings is 1. The molecule has 2 bridgehead atoms. The average molecular weight is 511 g/mol. The second kappa shape index (κ2) is 12.6. The first-order chi connectivity index (χ1) is 17.5. The largest absolute Gasteiger partial charge is 0.494 e. The van der Waals surface area contributed by atoms with Gasteiger partial charge >= 0.3 is 0 Å². The monoisotopic (exact) mass is 510 g/mol. The first-order valence-corrected chi connectivity index (χ1v) is 13.3. The lowest BCUT2D eigenvalue weighted by Gasteiger charge is -2.24. The van der Waals surface area contributed by atoms with Gasteiger partial charge in [-0.3, -0.25) is 14.5 Å². The van der Waals surface area contributed by atoms with Crippen LogP contribution in [0.3, 0.4) is 0 Å². The minimum absolute atomic E-state index is 0.165. The van der Waals surface area contributed by atoms with E-state index in [-0.39, 0.29) is 24.3 Å². The molecule has 1 atom stereocenters. The predicted octanol–water partition coefficient (Wildman–Crippen LogP) is 2.94. The third-order valence-electron chi connectivity index (χ3n) is 5.94. The molecule has 3 heterocycles. The van der Waals surface area contributed by atoms with E-state index in [2.05, 4.69) is 25.5 Å². The third-order valence-corrected chi connectivity index (χ3v) is 6.58. The van der Waals surface area contributed by atoms with Crippen LogP contribution in [0.25, 0.3) is 11.4 Å². The Kier molecular flexibility index (Phi) is 9.07. The molecule has 0 radical (unpaired) electrons. The van der Waals surface area contributed by atoms with Gasteiger partial charge in [0.05, 0.1) is 24.4 Å². The molecule has 2 amide bonds. The zero-order valence-electron chi connectivity index (χ0n) is 20.9. The topological polar surface area (TPSA) is 101 Å². The molecule has 0 unspecified atom stereocenters. The highest BCUT2D eigenvalue weighted by Crippen LogP contribution is 2.23. The SMILES string of the molecule is CC(C)C[C@H]1NC(=O)CN(Cc2cscn2)CCCOc2cccc(c2)-c2nccn2CCNC1=O. The van der Waals surface area contributed by atoms with E-state index in [1.165, 1.54) is 11.3 Å². The Hall–Kier alpha value is -3.24. The molecular formula is C26H34N6O3S. The zero-order chi connectivity index (χ0) is 25.3. The summed E-state index contributed by atoms with van der Waals surface area (Å²) in [6.45, 7) is 7.02. The zero-order valence-corrected chi connectivity index (χ0v) is 21.7. The van der Waals surface area contributed by atoms with Crippen LogP contribution >= 0.6 is 11.3 Å². The van der Waals surface area contributed by atoms with Gasteiger partial charge in [0.25, 0.3) is 0 Å². The number of fused-ring (bicyclic) bond motifs is 4.